The number of halogens is 1. The predicted octanol–water partition coefficient (Wildman–Crippen LogP) is 3.74. The van der Waals surface area contributed by atoms with Gasteiger partial charge < -0.3 is 29.4 Å². The van der Waals surface area contributed by atoms with E-state index in [2.05, 4.69) is 33.1 Å². The molecule has 3 aromatic rings. The van der Waals surface area contributed by atoms with Crippen LogP contribution in [0.3, 0.4) is 0 Å². The number of nitrogens with zero attached hydrogens (tertiary/aromatic N) is 4. The summed E-state index contributed by atoms with van der Waals surface area (Å²) >= 11 is 6.30. The number of carbonyl (C=O) groups excluding carboxylic acids is 1. The number of aryl methyl sites for hydroxylation is 1. The van der Waals surface area contributed by atoms with Crippen molar-refractivity contribution in [2.45, 2.75) is 39.7 Å². The Balaban J connectivity index is 1.18. The molecule has 39 heavy (non-hydrogen) atoms. The molecule has 10 heteroatoms. The number of β-amino-alcohol motifs (C(OH)–C–C–N with tert-alkyl or cyclic N) is 1. The molecule has 3 heterocycles. The van der Waals surface area contributed by atoms with E-state index in [4.69, 9.17) is 21.1 Å². The van der Waals surface area contributed by atoms with Gasteiger partial charge in [-0.15, -0.1) is 0 Å². The summed E-state index contributed by atoms with van der Waals surface area (Å²) in [6.07, 6.45) is 0.941. The van der Waals surface area contributed by atoms with Crippen LogP contribution in [0.25, 0.3) is 5.69 Å². The van der Waals surface area contributed by atoms with Crippen LogP contribution in [0.5, 0.6) is 11.5 Å². The van der Waals surface area contributed by atoms with Crippen LogP contribution in [0.2, 0.25) is 5.02 Å². The Kier molecular flexibility index (Phi) is 8.30. The number of anilines is 1. The summed E-state index contributed by atoms with van der Waals surface area (Å²) in [5.41, 5.74) is 4.24. The quantitative estimate of drug-likeness (QED) is 0.417. The molecular formula is C29H36ClN5O4. The summed E-state index contributed by atoms with van der Waals surface area (Å²) in [4.78, 5) is 22.4. The lowest BCUT2D eigenvalue weighted by atomic mass is 10.1. The molecule has 208 valence electrons. The molecule has 0 spiro atoms. The van der Waals surface area contributed by atoms with Gasteiger partial charge in [-0.25, -0.2) is 4.98 Å². The van der Waals surface area contributed by atoms with Crippen molar-refractivity contribution in [2.24, 2.45) is 0 Å². The van der Waals surface area contributed by atoms with Crippen LogP contribution in [-0.2, 0) is 6.42 Å². The molecule has 0 saturated carbocycles. The van der Waals surface area contributed by atoms with E-state index >= 15 is 0 Å². The van der Waals surface area contributed by atoms with Crippen molar-refractivity contribution in [3.8, 4) is 17.2 Å². The first kappa shape index (κ1) is 27.3. The SMILES string of the molecule is CCCc1nc(C(=O)NCC(O)CN2CCN(c3cccc(Cl)c3C)CC2)c(C)n1-c1ccc2c(c1)OCO2. The summed E-state index contributed by atoms with van der Waals surface area (Å²) in [6.45, 7) is 10.3. The van der Waals surface area contributed by atoms with E-state index in [0.29, 0.717) is 23.7 Å². The summed E-state index contributed by atoms with van der Waals surface area (Å²) < 4.78 is 13.0. The van der Waals surface area contributed by atoms with Crippen LogP contribution < -0.4 is 19.7 Å². The number of hydrogen-bond donors (Lipinski definition) is 2. The Bertz CT molecular complexity index is 1340. The zero-order chi connectivity index (χ0) is 27.5. The van der Waals surface area contributed by atoms with E-state index < -0.39 is 6.10 Å². The molecule has 1 saturated heterocycles. The fourth-order valence-electron chi connectivity index (χ4n) is 5.30. The maximum atomic E-state index is 13.1. The first-order valence-electron chi connectivity index (χ1n) is 13.5. The fourth-order valence-corrected chi connectivity index (χ4v) is 5.47. The molecule has 1 aromatic heterocycles. The summed E-state index contributed by atoms with van der Waals surface area (Å²) in [5.74, 6) is 1.92. The van der Waals surface area contributed by atoms with Gasteiger partial charge in [-0.1, -0.05) is 24.6 Å². The Morgan fingerprint density at radius 2 is 1.90 bits per heavy atom. The third-order valence-corrected chi connectivity index (χ3v) is 7.81. The molecule has 1 amide bonds. The van der Waals surface area contributed by atoms with Gasteiger partial charge >= 0.3 is 0 Å². The number of amides is 1. The average molecular weight is 554 g/mol. The number of piperazine rings is 1. The minimum Gasteiger partial charge on any atom is -0.454 e. The molecular weight excluding hydrogens is 518 g/mol. The second-order valence-electron chi connectivity index (χ2n) is 10.1. The van der Waals surface area contributed by atoms with Crippen molar-refractivity contribution >= 4 is 23.2 Å². The summed E-state index contributed by atoms with van der Waals surface area (Å²) in [7, 11) is 0. The maximum Gasteiger partial charge on any atom is 0.271 e. The van der Waals surface area contributed by atoms with E-state index in [-0.39, 0.29) is 19.2 Å². The number of hydrogen-bond acceptors (Lipinski definition) is 7. The number of imidazole rings is 1. The molecule has 0 aliphatic carbocycles. The van der Waals surface area contributed by atoms with Crippen molar-refractivity contribution in [3.63, 3.8) is 0 Å². The highest BCUT2D eigenvalue weighted by Gasteiger charge is 2.24. The van der Waals surface area contributed by atoms with E-state index in [1.165, 1.54) is 0 Å². The van der Waals surface area contributed by atoms with Crippen molar-refractivity contribution in [3.05, 3.63) is 64.2 Å². The molecule has 2 aromatic carbocycles. The number of aromatic nitrogens is 2. The number of aliphatic hydroxyl groups is 1. The standard InChI is InChI=1S/C29H36ClN5O4/c1-4-6-27-32-28(20(3)35(27)21-9-10-25-26(15-21)39-18-38-25)29(37)31-16-22(36)17-33-11-13-34(14-12-33)24-8-5-7-23(30)19(24)2/h5,7-10,15,22,36H,4,6,11-14,16-18H2,1-3H3,(H,31,37). The monoisotopic (exact) mass is 553 g/mol. The van der Waals surface area contributed by atoms with Crippen molar-refractivity contribution in [1.29, 1.82) is 0 Å². The third-order valence-electron chi connectivity index (χ3n) is 7.40. The Labute approximate surface area is 234 Å². The van der Waals surface area contributed by atoms with Crippen molar-refractivity contribution < 1.29 is 19.4 Å². The second kappa shape index (κ2) is 11.9. The molecule has 0 bridgehead atoms. The highest BCUT2D eigenvalue weighted by atomic mass is 35.5. The molecule has 9 nitrogen and oxygen atoms in total. The lowest BCUT2D eigenvalue weighted by Gasteiger charge is -2.37. The zero-order valence-corrected chi connectivity index (χ0v) is 23.5. The number of ether oxygens (including phenoxy) is 2. The van der Waals surface area contributed by atoms with E-state index in [0.717, 1.165) is 72.5 Å². The molecule has 2 N–H and O–H groups in total. The van der Waals surface area contributed by atoms with Crippen molar-refractivity contribution in [1.82, 2.24) is 19.8 Å². The number of carbonyl (C=O) groups is 1. The number of rotatable bonds is 9. The van der Waals surface area contributed by atoms with Crippen LogP contribution in [0.15, 0.2) is 36.4 Å². The zero-order valence-electron chi connectivity index (χ0n) is 22.7. The molecule has 1 fully saturated rings. The molecule has 5 rings (SSSR count). The van der Waals surface area contributed by atoms with Crippen LogP contribution in [0, 0.1) is 13.8 Å². The smallest absolute Gasteiger partial charge is 0.271 e. The number of fused-ring (bicyclic) bond motifs is 1. The van der Waals surface area contributed by atoms with E-state index in [9.17, 15) is 9.90 Å². The van der Waals surface area contributed by atoms with Gasteiger partial charge in [0.25, 0.3) is 5.91 Å². The fraction of sp³-hybridized carbons (Fsp3) is 0.448. The molecule has 1 unspecified atom stereocenters. The maximum absolute atomic E-state index is 13.1. The number of aliphatic hydroxyl groups excluding tert-OH is 1. The van der Waals surface area contributed by atoms with E-state index in [1.54, 1.807) is 0 Å². The largest absolute Gasteiger partial charge is 0.454 e. The number of nitrogens with one attached hydrogen (secondary N) is 1. The first-order chi connectivity index (χ1) is 18.9. The second-order valence-corrected chi connectivity index (χ2v) is 10.5. The first-order valence-corrected chi connectivity index (χ1v) is 13.9. The van der Waals surface area contributed by atoms with Crippen LogP contribution in [-0.4, -0.2) is 77.6 Å². The van der Waals surface area contributed by atoms with Gasteiger partial charge in [-0.05, 0) is 50.1 Å². The van der Waals surface area contributed by atoms with Gasteiger partial charge in [0.15, 0.2) is 11.5 Å². The Morgan fingerprint density at radius 3 is 2.67 bits per heavy atom. The summed E-state index contributed by atoms with van der Waals surface area (Å²) in [5, 5.41) is 14.4. The van der Waals surface area contributed by atoms with Gasteiger partial charge in [-0.3, -0.25) is 9.69 Å². The summed E-state index contributed by atoms with van der Waals surface area (Å²) in [6, 6.07) is 11.7. The van der Waals surface area contributed by atoms with Gasteiger partial charge in [-0.2, -0.15) is 0 Å². The highest BCUT2D eigenvalue weighted by Crippen LogP contribution is 2.35. The normalized spacial score (nSPS) is 16.0. The van der Waals surface area contributed by atoms with Crippen LogP contribution >= 0.6 is 11.6 Å². The Morgan fingerprint density at radius 1 is 1.13 bits per heavy atom. The van der Waals surface area contributed by atoms with Crippen LogP contribution in [0.1, 0.15) is 40.9 Å². The van der Waals surface area contributed by atoms with Gasteiger partial charge in [0.2, 0.25) is 6.79 Å². The minimum atomic E-state index is -0.681. The molecule has 2 aliphatic heterocycles. The lowest BCUT2D eigenvalue weighted by Crippen LogP contribution is -2.50. The van der Waals surface area contributed by atoms with Gasteiger partial charge in [0, 0.05) is 62.5 Å². The lowest BCUT2D eigenvalue weighted by molar-refractivity contribution is 0.0847. The van der Waals surface area contributed by atoms with E-state index in [1.807, 2.05) is 48.7 Å². The topological polar surface area (TPSA) is 92.1 Å². The van der Waals surface area contributed by atoms with Gasteiger partial charge in [0.1, 0.15) is 11.5 Å². The third kappa shape index (κ3) is 5.85. The van der Waals surface area contributed by atoms with Gasteiger partial charge in [0.05, 0.1) is 17.5 Å². The molecule has 2 aliphatic rings. The number of benzene rings is 2. The minimum absolute atomic E-state index is 0.159. The highest BCUT2D eigenvalue weighted by molar-refractivity contribution is 6.31. The van der Waals surface area contributed by atoms with Crippen molar-refractivity contribution in [2.75, 3.05) is 51.0 Å². The Hall–Kier alpha value is -3.27. The van der Waals surface area contributed by atoms with Crippen LogP contribution in [0.4, 0.5) is 5.69 Å². The average Bonchev–Trinajstić information content (AvgIpc) is 3.53. The molecule has 0 radical (unpaired) electrons. The molecule has 1 atom stereocenters. The predicted molar refractivity (Wildman–Crippen MR) is 152 cm³/mol.